The molecule has 0 unspecified atom stereocenters. The van der Waals surface area contributed by atoms with E-state index in [1.807, 2.05) is 6.92 Å². The van der Waals surface area contributed by atoms with Crippen molar-refractivity contribution in [2.75, 3.05) is 38.2 Å². The van der Waals surface area contributed by atoms with E-state index in [-0.39, 0.29) is 11.7 Å². The van der Waals surface area contributed by atoms with Gasteiger partial charge in [-0.1, -0.05) is 0 Å². The van der Waals surface area contributed by atoms with Crippen LogP contribution in [0.2, 0.25) is 0 Å². The van der Waals surface area contributed by atoms with Crippen LogP contribution in [0.3, 0.4) is 0 Å². The van der Waals surface area contributed by atoms with Gasteiger partial charge in [-0.3, -0.25) is 15.0 Å². The van der Waals surface area contributed by atoms with Gasteiger partial charge in [-0.2, -0.15) is 0 Å². The van der Waals surface area contributed by atoms with E-state index in [0.717, 1.165) is 32.8 Å². The first-order valence-electron chi connectivity index (χ1n) is 6.33. The predicted octanol–water partition coefficient (Wildman–Crippen LogP) is 1.12. The van der Waals surface area contributed by atoms with Gasteiger partial charge in [0.25, 0.3) is 0 Å². The number of hydrogen-bond acceptors (Lipinski definition) is 6. The van der Waals surface area contributed by atoms with Crippen molar-refractivity contribution in [2.24, 2.45) is 0 Å². The average Bonchev–Trinajstić information content (AvgIpc) is 2.40. The van der Waals surface area contributed by atoms with Crippen LogP contribution >= 0.6 is 0 Å². The highest BCUT2D eigenvalue weighted by Crippen LogP contribution is 2.21. The highest BCUT2D eigenvalue weighted by Gasteiger charge is 2.18. The SMILES string of the molecule is C[C@@H](CN1CCOCC1)Nc1ncccc1[N+](=O)[O-]. The number of aromatic nitrogens is 1. The molecule has 2 heterocycles. The molecule has 19 heavy (non-hydrogen) atoms. The molecule has 7 nitrogen and oxygen atoms in total. The molecule has 0 bridgehead atoms. The molecule has 1 aliphatic rings. The first-order valence-corrected chi connectivity index (χ1v) is 6.33. The van der Waals surface area contributed by atoms with E-state index in [2.05, 4.69) is 15.2 Å². The minimum absolute atomic E-state index is 0.0105. The normalized spacial score (nSPS) is 17.9. The second kappa shape index (κ2) is 6.44. The summed E-state index contributed by atoms with van der Waals surface area (Å²) in [5.41, 5.74) is 0.0105. The highest BCUT2D eigenvalue weighted by atomic mass is 16.6. The molecule has 1 N–H and O–H groups in total. The van der Waals surface area contributed by atoms with Gasteiger partial charge in [0.05, 0.1) is 18.1 Å². The quantitative estimate of drug-likeness (QED) is 0.635. The Kier molecular flexibility index (Phi) is 4.64. The lowest BCUT2D eigenvalue weighted by Gasteiger charge is -2.29. The fourth-order valence-corrected chi connectivity index (χ4v) is 2.11. The van der Waals surface area contributed by atoms with Crippen LogP contribution in [0.5, 0.6) is 0 Å². The van der Waals surface area contributed by atoms with E-state index in [1.54, 1.807) is 12.3 Å². The third-order valence-corrected chi connectivity index (χ3v) is 3.00. The summed E-state index contributed by atoms with van der Waals surface area (Å²) in [5, 5.41) is 14.0. The van der Waals surface area contributed by atoms with Crippen LogP contribution < -0.4 is 5.32 Å². The number of ether oxygens (including phenoxy) is 1. The summed E-state index contributed by atoms with van der Waals surface area (Å²) in [4.78, 5) is 16.8. The minimum atomic E-state index is -0.420. The van der Waals surface area contributed by atoms with E-state index >= 15 is 0 Å². The third-order valence-electron chi connectivity index (χ3n) is 3.00. The summed E-state index contributed by atoms with van der Waals surface area (Å²) in [5.74, 6) is 0.327. The van der Waals surface area contributed by atoms with Crippen molar-refractivity contribution >= 4 is 11.5 Å². The number of nitro groups is 1. The van der Waals surface area contributed by atoms with Gasteiger partial charge in [0, 0.05) is 37.9 Å². The zero-order valence-corrected chi connectivity index (χ0v) is 10.9. The van der Waals surface area contributed by atoms with Crippen LogP contribution in [0.25, 0.3) is 0 Å². The Labute approximate surface area is 111 Å². The zero-order chi connectivity index (χ0) is 13.7. The molecule has 0 aliphatic carbocycles. The summed E-state index contributed by atoms with van der Waals surface area (Å²) in [6.07, 6.45) is 1.55. The Morgan fingerprint density at radius 2 is 2.32 bits per heavy atom. The molecule has 1 aromatic heterocycles. The maximum Gasteiger partial charge on any atom is 0.311 e. The Balaban J connectivity index is 1.94. The molecule has 2 rings (SSSR count). The lowest BCUT2D eigenvalue weighted by atomic mass is 10.2. The largest absolute Gasteiger partial charge is 0.379 e. The summed E-state index contributed by atoms with van der Waals surface area (Å²) in [6, 6.07) is 3.11. The Morgan fingerprint density at radius 3 is 3.00 bits per heavy atom. The van der Waals surface area contributed by atoms with Gasteiger partial charge in [0.1, 0.15) is 0 Å². The molecule has 0 amide bonds. The van der Waals surface area contributed by atoms with Crippen molar-refractivity contribution in [3.63, 3.8) is 0 Å². The summed E-state index contributed by atoms with van der Waals surface area (Å²) >= 11 is 0. The molecule has 1 fully saturated rings. The minimum Gasteiger partial charge on any atom is -0.379 e. The second-order valence-electron chi connectivity index (χ2n) is 4.59. The van der Waals surface area contributed by atoms with E-state index in [1.165, 1.54) is 6.07 Å². The van der Waals surface area contributed by atoms with Crippen LogP contribution in [0.1, 0.15) is 6.92 Å². The van der Waals surface area contributed by atoms with Gasteiger partial charge in [-0.05, 0) is 13.0 Å². The summed E-state index contributed by atoms with van der Waals surface area (Å²) in [6.45, 7) is 6.10. The van der Waals surface area contributed by atoms with Crippen molar-refractivity contribution in [1.82, 2.24) is 9.88 Å². The Hall–Kier alpha value is -1.73. The van der Waals surface area contributed by atoms with E-state index in [9.17, 15) is 10.1 Å². The molecule has 0 spiro atoms. The van der Waals surface area contributed by atoms with Crippen molar-refractivity contribution in [3.8, 4) is 0 Å². The standard InChI is InChI=1S/C12H18N4O3/c1-10(9-15-5-7-19-8-6-15)14-12-11(16(17)18)3-2-4-13-12/h2-4,10H,5-9H2,1H3,(H,13,14)/t10-/m0/s1. The van der Waals surface area contributed by atoms with Gasteiger partial charge < -0.3 is 10.1 Å². The lowest BCUT2D eigenvalue weighted by molar-refractivity contribution is -0.384. The van der Waals surface area contributed by atoms with Gasteiger partial charge >= 0.3 is 5.69 Å². The molecule has 1 atom stereocenters. The Morgan fingerprint density at radius 1 is 1.58 bits per heavy atom. The maximum atomic E-state index is 10.9. The highest BCUT2D eigenvalue weighted by molar-refractivity contribution is 5.55. The molecule has 1 aliphatic heterocycles. The molecule has 7 heteroatoms. The monoisotopic (exact) mass is 266 g/mol. The molecule has 104 valence electrons. The lowest BCUT2D eigenvalue weighted by Crippen LogP contribution is -2.42. The second-order valence-corrected chi connectivity index (χ2v) is 4.59. The van der Waals surface area contributed by atoms with E-state index in [4.69, 9.17) is 4.74 Å². The summed E-state index contributed by atoms with van der Waals surface area (Å²) in [7, 11) is 0. The van der Waals surface area contributed by atoms with Gasteiger partial charge in [0.15, 0.2) is 0 Å². The average molecular weight is 266 g/mol. The molecule has 0 aromatic carbocycles. The van der Waals surface area contributed by atoms with Crippen LogP contribution in [-0.2, 0) is 4.74 Å². The predicted molar refractivity (Wildman–Crippen MR) is 71.2 cm³/mol. The first kappa shape index (κ1) is 13.7. The smallest absolute Gasteiger partial charge is 0.311 e. The number of morpholine rings is 1. The fourth-order valence-electron chi connectivity index (χ4n) is 2.11. The van der Waals surface area contributed by atoms with E-state index < -0.39 is 4.92 Å². The number of pyridine rings is 1. The molecule has 0 radical (unpaired) electrons. The summed E-state index contributed by atoms with van der Waals surface area (Å²) < 4.78 is 5.29. The van der Waals surface area contributed by atoms with E-state index in [0.29, 0.717) is 5.82 Å². The molecular weight excluding hydrogens is 248 g/mol. The van der Waals surface area contributed by atoms with Gasteiger partial charge in [0.2, 0.25) is 5.82 Å². The fraction of sp³-hybridized carbons (Fsp3) is 0.583. The van der Waals surface area contributed by atoms with Crippen LogP contribution in [0, 0.1) is 10.1 Å². The first-order chi connectivity index (χ1) is 9.16. The number of rotatable bonds is 5. The topological polar surface area (TPSA) is 80.5 Å². The van der Waals surface area contributed by atoms with Gasteiger partial charge in [-0.25, -0.2) is 4.98 Å². The molecule has 1 aromatic rings. The van der Waals surface area contributed by atoms with Crippen LogP contribution in [0.4, 0.5) is 11.5 Å². The van der Waals surface area contributed by atoms with Crippen LogP contribution in [-0.4, -0.2) is 53.7 Å². The number of nitrogens with zero attached hydrogens (tertiary/aromatic N) is 3. The maximum absolute atomic E-state index is 10.9. The third kappa shape index (κ3) is 3.87. The van der Waals surface area contributed by atoms with Crippen molar-refractivity contribution in [1.29, 1.82) is 0 Å². The van der Waals surface area contributed by atoms with Crippen molar-refractivity contribution in [3.05, 3.63) is 28.4 Å². The van der Waals surface area contributed by atoms with Crippen molar-refractivity contribution < 1.29 is 9.66 Å². The molecule has 0 saturated carbocycles. The van der Waals surface area contributed by atoms with Gasteiger partial charge in [-0.15, -0.1) is 0 Å². The number of hydrogen-bond donors (Lipinski definition) is 1. The molecule has 1 saturated heterocycles. The number of anilines is 1. The Bertz CT molecular complexity index is 435. The van der Waals surface area contributed by atoms with Crippen molar-refractivity contribution in [2.45, 2.75) is 13.0 Å². The number of nitrogens with one attached hydrogen (secondary N) is 1. The van der Waals surface area contributed by atoms with Crippen LogP contribution in [0.15, 0.2) is 18.3 Å². The zero-order valence-electron chi connectivity index (χ0n) is 10.9. The molecular formula is C12H18N4O3.